The maximum Gasteiger partial charge on any atom is 0.230 e. The van der Waals surface area contributed by atoms with E-state index in [0.29, 0.717) is 12.5 Å². The molecule has 156 valence electrons. The van der Waals surface area contributed by atoms with E-state index in [1.165, 1.54) is 25.7 Å². The molecule has 2 saturated heterocycles. The van der Waals surface area contributed by atoms with Gasteiger partial charge in [0.05, 0.1) is 12.0 Å². The molecule has 2 aliphatic carbocycles. The molecular formula is C24H32N2O3. The van der Waals surface area contributed by atoms with Gasteiger partial charge in [-0.15, -0.1) is 0 Å². The Labute approximate surface area is 173 Å². The van der Waals surface area contributed by atoms with E-state index < -0.39 is 0 Å². The van der Waals surface area contributed by atoms with E-state index >= 15 is 0 Å². The number of amides is 1. The molecule has 3 heterocycles. The van der Waals surface area contributed by atoms with Crippen molar-refractivity contribution in [1.29, 1.82) is 0 Å². The Bertz CT molecular complexity index is 819. The number of ether oxygens (including phenoxy) is 1. The number of carbonyl (C=O) groups excluding carboxylic acids is 1. The number of carbonyl (C=O) groups is 1. The fourth-order valence-corrected chi connectivity index (χ4v) is 5.79. The molecule has 0 N–H and O–H groups in total. The molecule has 0 aromatic carbocycles. The Morgan fingerprint density at radius 3 is 2.83 bits per heavy atom. The number of likely N-dealkylation sites (tertiary alicyclic amines) is 1. The van der Waals surface area contributed by atoms with Crippen LogP contribution >= 0.6 is 0 Å². The van der Waals surface area contributed by atoms with Crippen molar-refractivity contribution in [3.8, 4) is 11.3 Å². The normalized spacial score (nSPS) is 30.4. The van der Waals surface area contributed by atoms with Gasteiger partial charge in [-0.1, -0.05) is 12.1 Å². The molecule has 0 aromatic heterocycles. The topological polar surface area (TPSA) is 45.9 Å². The van der Waals surface area contributed by atoms with Crippen LogP contribution < -0.4 is 0 Å². The third-order valence-corrected chi connectivity index (χ3v) is 7.43. The highest BCUT2D eigenvalue weighted by Gasteiger charge is 2.47. The van der Waals surface area contributed by atoms with Gasteiger partial charge in [-0.2, -0.15) is 0 Å². The molecule has 0 bridgehead atoms. The van der Waals surface area contributed by atoms with Crippen molar-refractivity contribution in [2.75, 3.05) is 26.7 Å². The Morgan fingerprint density at radius 1 is 1.17 bits per heavy atom. The summed E-state index contributed by atoms with van der Waals surface area (Å²) >= 11 is 0. The van der Waals surface area contributed by atoms with E-state index in [9.17, 15) is 4.79 Å². The van der Waals surface area contributed by atoms with Gasteiger partial charge in [0, 0.05) is 31.3 Å². The SMILES string of the molecule is CN(C(=O)Cc1ccc2cccc-2o1)[C@H]1CC[C@]2(CCCO2)C[C@@H]1N1CCCC1. The first-order valence-electron chi connectivity index (χ1n) is 11.2. The Hall–Kier alpha value is -1.85. The van der Waals surface area contributed by atoms with Crippen molar-refractivity contribution >= 4 is 5.91 Å². The Balaban J connectivity index is 1.32. The van der Waals surface area contributed by atoms with Gasteiger partial charge < -0.3 is 14.1 Å². The van der Waals surface area contributed by atoms with Crippen LogP contribution in [-0.2, 0) is 16.0 Å². The summed E-state index contributed by atoms with van der Waals surface area (Å²) < 4.78 is 12.2. The highest BCUT2D eigenvalue weighted by Crippen LogP contribution is 2.43. The average molecular weight is 397 g/mol. The second kappa shape index (κ2) is 7.77. The molecule has 29 heavy (non-hydrogen) atoms. The van der Waals surface area contributed by atoms with Crippen LogP contribution in [0.2, 0.25) is 0 Å². The second-order valence-corrected chi connectivity index (χ2v) is 9.18. The van der Waals surface area contributed by atoms with Crippen LogP contribution in [-0.4, -0.2) is 60.1 Å². The first-order valence-corrected chi connectivity index (χ1v) is 11.2. The molecule has 0 aromatic rings. The summed E-state index contributed by atoms with van der Waals surface area (Å²) in [5.74, 6) is 1.74. The third kappa shape index (κ3) is 3.71. The van der Waals surface area contributed by atoms with E-state index in [2.05, 4.69) is 4.90 Å². The first-order chi connectivity index (χ1) is 14.1. The van der Waals surface area contributed by atoms with Gasteiger partial charge >= 0.3 is 0 Å². The maximum absolute atomic E-state index is 13.2. The second-order valence-electron chi connectivity index (χ2n) is 9.18. The molecule has 1 spiro atoms. The zero-order chi connectivity index (χ0) is 19.8. The van der Waals surface area contributed by atoms with Crippen LogP contribution in [0.1, 0.15) is 50.7 Å². The fraction of sp³-hybridized carbons (Fsp3) is 0.625. The van der Waals surface area contributed by atoms with Crippen LogP contribution in [0.15, 0.2) is 34.7 Å². The number of hydrogen-bond acceptors (Lipinski definition) is 4. The lowest BCUT2D eigenvalue weighted by atomic mass is 9.76. The summed E-state index contributed by atoms with van der Waals surface area (Å²) in [4.78, 5) is 17.8. The summed E-state index contributed by atoms with van der Waals surface area (Å²) in [7, 11) is 1.99. The molecule has 3 atom stereocenters. The van der Waals surface area contributed by atoms with Crippen LogP contribution in [0.5, 0.6) is 0 Å². The zero-order valence-corrected chi connectivity index (χ0v) is 17.4. The molecule has 0 radical (unpaired) electrons. The summed E-state index contributed by atoms with van der Waals surface area (Å²) in [5.41, 5.74) is 1.14. The molecule has 1 saturated carbocycles. The number of fused-ring (bicyclic) bond motifs is 1. The van der Waals surface area contributed by atoms with E-state index in [4.69, 9.17) is 9.15 Å². The minimum absolute atomic E-state index is 0.0613. The average Bonchev–Trinajstić information content (AvgIpc) is 3.49. The Morgan fingerprint density at radius 2 is 2.03 bits per heavy atom. The van der Waals surface area contributed by atoms with Gasteiger partial charge in [0.25, 0.3) is 0 Å². The van der Waals surface area contributed by atoms with Crippen molar-refractivity contribution in [3.63, 3.8) is 0 Å². The first kappa shape index (κ1) is 19.1. The highest BCUT2D eigenvalue weighted by atomic mass is 16.5. The van der Waals surface area contributed by atoms with Crippen molar-refractivity contribution in [2.45, 2.75) is 69.1 Å². The molecule has 5 nitrogen and oxygen atoms in total. The van der Waals surface area contributed by atoms with E-state index in [1.807, 2.05) is 42.3 Å². The van der Waals surface area contributed by atoms with Gasteiger partial charge in [-0.05, 0) is 76.2 Å². The molecule has 5 rings (SSSR count). The standard InChI is InChI=1S/C24H32N2O3/c1-25(23(27)16-19-9-8-18-6-4-7-22(18)29-19)20-10-12-24(11-5-15-28-24)17-21(20)26-13-2-3-14-26/h4,6-9,20-21H,2-3,5,10-17H2,1H3/t20-,21-,24+/m0/s1. The Kier molecular flexibility index (Phi) is 5.12. The van der Waals surface area contributed by atoms with E-state index in [-0.39, 0.29) is 17.6 Å². The molecule has 5 aliphatic rings. The summed E-state index contributed by atoms with van der Waals surface area (Å²) in [6, 6.07) is 10.6. The molecular weight excluding hydrogens is 364 g/mol. The highest BCUT2D eigenvalue weighted by molar-refractivity contribution is 5.78. The minimum atomic E-state index is 0.0613. The lowest BCUT2D eigenvalue weighted by molar-refractivity contribution is -0.137. The van der Waals surface area contributed by atoms with E-state index in [0.717, 1.165) is 56.0 Å². The molecule has 3 aliphatic heterocycles. The number of rotatable bonds is 4. The lowest BCUT2D eigenvalue weighted by Crippen LogP contribution is -2.58. The van der Waals surface area contributed by atoms with Crippen LogP contribution in [0, 0.1) is 0 Å². The van der Waals surface area contributed by atoms with Gasteiger partial charge in [-0.3, -0.25) is 9.69 Å². The minimum Gasteiger partial charge on any atom is -0.461 e. The third-order valence-electron chi connectivity index (χ3n) is 7.43. The monoisotopic (exact) mass is 396 g/mol. The van der Waals surface area contributed by atoms with Crippen molar-refractivity contribution in [2.24, 2.45) is 0 Å². The van der Waals surface area contributed by atoms with Crippen LogP contribution in [0.25, 0.3) is 11.3 Å². The molecule has 0 unspecified atom stereocenters. The number of hydrogen-bond donors (Lipinski definition) is 0. The number of nitrogens with zero attached hydrogens (tertiary/aromatic N) is 2. The summed E-state index contributed by atoms with van der Waals surface area (Å²) in [6.07, 6.45) is 8.40. The van der Waals surface area contributed by atoms with Crippen LogP contribution in [0.4, 0.5) is 0 Å². The van der Waals surface area contributed by atoms with Gasteiger partial charge in [0.1, 0.15) is 11.5 Å². The fourth-order valence-electron chi connectivity index (χ4n) is 5.79. The molecule has 5 heteroatoms. The van der Waals surface area contributed by atoms with Gasteiger partial charge in [-0.25, -0.2) is 0 Å². The van der Waals surface area contributed by atoms with Crippen LogP contribution in [0.3, 0.4) is 0 Å². The van der Waals surface area contributed by atoms with Gasteiger partial charge in [0.2, 0.25) is 5.91 Å². The van der Waals surface area contributed by atoms with Gasteiger partial charge in [0.15, 0.2) is 0 Å². The summed E-state index contributed by atoms with van der Waals surface area (Å²) in [5, 5.41) is 0. The van der Waals surface area contributed by atoms with E-state index in [1.54, 1.807) is 0 Å². The largest absolute Gasteiger partial charge is 0.461 e. The smallest absolute Gasteiger partial charge is 0.230 e. The molecule has 3 fully saturated rings. The maximum atomic E-state index is 13.2. The summed E-state index contributed by atoms with van der Waals surface area (Å²) in [6.45, 7) is 3.21. The quantitative estimate of drug-likeness (QED) is 0.785. The number of likely N-dealkylation sites (N-methyl/N-ethyl adjacent to an activating group) is 1. The predicted octanol–water partition coefficient (Wildman–Crippen LogP) is 3.95. The van der Waals surface area contributed by atoms with Crippen molar-refractivity contribution in [1.82, 2.24) is 9.80 Å². The van der Waals surface area contributed by atoms with Crippen molar-refractivity contribution in [3.05, 3.63) is 36.1 Å². The molecule has 1 amide bonds. The zero-order valence-electron chi connectivity index (χ0n) is 17.4. The predicted molar refractivity (Wildman–Crippen MR) is 112 cm³/mol. The van der Waals surface area contributed by atoms with Crippen molar-refractivity contribution < 1.29 is 13.9 Å². The lowest BCUT2D eigenvalue weighted by Gasteiger charge is -2.48.